The molecule has 2 N–H and O–H groups in total. The van der Waals surface area contributed by atoms with E-state index in [1.165, 1.54) is 0 Å². The molecular formula is C17H19N5. The minimum Gasteiger partial charge on any atom is -0.324 e. The molecular weight excluding hydrogens is 274 g/mol. The number of pyridine rings is 1. The predicted octanol–water partition coefficient (Wildman–Crippen LogP) is 3.38. The molecule has 0 saturated heterocycles. The first-order chi connectivity index (χ1) is 10.7. The zero-order chi connectivity index (χ0) is 15.8. The van der Waals surface area contributed by atoms with Gasteiger partial charge >= 0.3 is 0 Å². The number of nitriles is 1. The third-order valence-electron chi connectivity index (χ3n) is 3.29. The monoisotopic (exact) mass is 293 g/mol. The zero-order valence-corrected chi connectivity index (χ0v) is 12.7. The fraction of sp³-hybridized carbons (Fsp3) is 0.235. The topological polar surface area (TPSA) is 73.1 Å². The van der Waals surface area contributed by atoms with Gasteiger partial charge in [0.15, 0.2) is 6.19 Å². The molecule has 0 fully saturated rings. The Balaban J connectivity index is 2.26. The largest absolute Gasteiger partial charge is 0.324 e. The van der Waals surface area contributed by atoms with Gasteiger partial charge in [0, 0.05) is 6.20 Å². The van der Waals surface area contributed by atoms with Gasteiger partial charge in [0.05, 0.1) is 17.4 Å². The van der Waals surface area contributed by atoms with E-state index in [0.29, 0.717) is 5.96 Å². The first-order valence-corrected chi connectivity index (χ1v) is 7.21. The second-order valence-corrected chi connectivity index (χ2v) is 4.81. The number of hydrogen-bond donors (Lipinski definition) is 2. The molecule has 5 heteroatoms. The SMILES string of the molecule is CCC(N=C(NC#N)Nc1cccnc1C)c1ccccc1. The quantitative estimate of drug-likeness (QED) is 0.392. The van der Waals surface area contributed by atoms with Gasteiger partial charge in [0.2, 0.25) is 5.96 Å². The Kier molecular flexibility index (Phi) is 5.50. The molecule has 112 valence electrons. The summed E-state index contributed by atoms with van der Waals surface area (Å²) in [6.45, 7) is 3.97. The summed E-state index contributed by atoms with van der Waals surface area (Å²) in [7, 11) is 0. The van der Waals surface area contributed by atoms with Gasteiger partial charge in [-0.2, -0.15) is 5.26 Å². The third-order valence-corrected chi connectivity index (χ3v) is 3.29. The van der Waals surface area contributed by atoms with Gasteiger partial charge in [-0.15, -0.1) is 0 Å². The molecule has 2 aromatic rings. The second kappa shape index (κ2) is 7.79. The number of aliphatic imine (C=N–C) groups is 1. The summed E-state index contributed by atoms with van der Waals surface area (Å²) in [5, 5.41) is 14.7. The molecule has 1 aromatic carbocycles. The molecule has 0 aliphatic heterocycles. The molecule has 1 atom stereocenters. The van der Waals surface area contributed by atoms with Crippen LogP contribution in [0.1, 0.15) is 30.6 Å². The highest BCUT2D eigenvalue weighted by molar-refractivity contribution is 5.95. The summed E-state index contributed by atoms with van der Waals surface area (Å²) >= 11 is 0. The number of aryl methyl sites for hydroxylation is 1. The minimum absolute atomic E-state index is 0.0125. The number of guanidine groups is 1. The molecule has 2 rings (SSSR count). The highest BCUT2D eigenvalue weighted by Crippen LogP contribution is 2.21. The van der Waals surface area contributed by atoms with Gasteiger partial charge in [-0.25, -0.2) is 4.99 Å². The Morgan fingerprint density at radius 2 is 2.05 bits per heavy atom. The fourth-order valence-electron chi connectivity index (χ4n) is 2.13. The predicted molar refractivity (Wildman–Crippen MR) is 88.3 cm³/mol. The summed E-state index contributed by atoms with van der Waals surface area (Å²) in [5.41, 5.74) is 2.79. The molecule has 22 heavy (non-hydrogen) atoms. The highest BCUT2D eigenvalue weighted by Gasteiger charge is 2.10. The molecule has 0 spiro atoms. The number of nitrogens with one attached hydrogen (secondary N) is 2. The first-order valence-electron chi connectivity index (χ1n) is 7.21. The summed E-state index contributed by atoms with van der Waals surface area (Å²) in [4.78, 5) is 8.86. The lowest BCUT2D eigenvalue weighted by molar-refractivity contribution is 0.698. The molecule has 0 radical (unpaired) electrons. The zero-order valence-electron chi connectivity index (χ0n) is 12.7. The van der Waals surface area contributed by atoms with Crippen LogP contribution in [0.2, 0.25) is 0 Å². The fourth-order valence-corrected chi connectivity index (χ4v) is 2.13. The van der Waals surface area contributed by atoms with Crippen LogP contribution >= 0.6 is 0 Å². The van der Waals surface area contributed by atoms with Crippen LogP contribution in [-0.2, 0) is 0 Å². The van der Waals surface area contributed by atoms with E-state index < -0.39 is 0 Å². The van der Waals surface area contributed by atoms with Crippen molar-refractivity contribution in [3.8, 4) is 6.19 Å². The number of anilines is 1. The average molecular weight is 293 g/mol. The maximum Gasteiger partial charge on any atom is 0.209 e. The summed E-state index contributed by atoms with van der Waals surface area (Å²) < 4.78 is 0. The van der Waals surface area contributed by atoms with Crippen molar-refractivity contribution in [2.75, 3.05) is 5.32 Å². The van der Waals surface area contributed by atoms with Crippen LogP contribution in [0.4, 0.5) is 5.69 Å². The van der Waals surface area contributed by atoms with Crippen molar-refractivity contribution in [3.63, 3.8) is 0 Å². The number of aromatic nitrogens is 1. The lowest BCUT2D eigenvalue weighted by Crippen LogP contribution is -2.28. The van der Waals surface area contributed by atoms with Crippen LogP contribution in [0.25, 0.3) is 0 Å². The Bertz CT molecular complexity index is 673. The van der Waals surface area contributed by atoms with E-state index in [1.807, 2.05) is 55.6 Å². The smallest absolute Gasteiger partial charge is 0.209 e. The summed E-state index contributed by atoms with van der Waals surface area (Å²) in [5.74, 6) is 0.425. The van der Waals surface area contributed by atoms with Crippen molar-refractivity contribution in [2.45, 2.75) is 26.3 Å². The second-order valence-electron chi connectivity index (χ2n) is 4.81. The van der Waals surface area contributed by atoms with E-state index in [4.69, 9.17) is 5.26 Å². The van der Waals surface area contributed by atoms with Crippen molar-refractivity contribution < 1.29 is 0 Å². The van der Waals surface area contributed by atoms with Crippen molar-refractivity contribution in [3.05, 3.63) is 59.9 Å². The first kappa shape index (κ1) is 15.5. The standard InChI is InChI=1S/C17H19N5/c1-3-15(14-8-5-4-6-9-14)21-17(20-12-18)22-16-10-7-11-19-13(16)2/h4-11,15H,3H2,1-2H3,(H2,20,21,22). The molecule has 0 aliphatic carbocycles. The van der Waals surface area contributed by atoms with Crippen molar-refractivity contribution in [1.29, 1.82) is 5.26 Å². The van der Waals surface area contributed by atoms with E-state index in [1.54, 1.807) is 6.20 Å². The lowest BCUT2D eigenvalue weighted by Gasteiger charge is -2.15. The average Bonchev–Trinajstić information content (AvgIpc) is 2.55. The van der Waals surface area contributed by atoms with Gasteiger partial charge in [-0.05, 0) is 31.0 Å². The van der Waals surface area contributed by atoms with E-state index in [9.17, 15) is 0 Å². The van der Waals surface area contributed by atoms with Crippen LogP contribution < -0.4 is 10.6 Å². The maximum absolute atomic E-state index is 8.94. The van der Waals surface area contributed by atoms with Gasteiger partial charge in [0.25, 0.3) is 0 Å². The minimum atomic E-state index is -0.0125. The molecule has 5 nitrogen and oxygen atoms in total. The molecule has 1 heterocycles. The molecule has 1 unspecified atom stereocenters. The van der Waals surface area contributed by atoms with E-state index in [0.717, 1.165) is 23.4 Å². The Labute approximate surface area is 130 Å². The van der Waals surface area contributed by atoms with E-state index in [2.05, 4.69) is 27.5 Å². The Hall–Kier alpha value is -2.87. The number of hydrogen-bond acceptors (Lipinski definition) is 3. The number of rotatable bonds is 4. The molecule has 0 bridgehead atoms. The van der Waals surface area contributed by atoms with Crippen LogP contribution in [0.15, 0.2) is 53.7 Å². The Morgan fingerprint density at radius 1 is 1.27 bits per heavy atom. The maximum atomic E-state index is 8.94. The normalized spacial score (nSPS) is 12.3. The Morgan fingerprint density at radius 3 is 2.68 bits per heavy atom. The number of benzene rings is 1. The molecule has 0 amide bonds. The summed E-state index contributed by atoms with van der Waals surface area (Å²) in [6, 6.07) is 13.8. The molecule has 0 saturated carbocycles. The van der Waals surface area contributed by atoms with Crippen LogP contribution in [0, 0.1) is 18.4 Å². The van der Waals surface area contributed by atoms with Crippen molar-refractivity contribution in [1.82, 2.24) is 10.3 Å². The number of nitrogens with zero attached hydrogens (tertiary/aromatic N) is 3. The van der Waals surface area contributed by atoms with Crippen LogP contribution in [0.3, 0.4) is 0 Å². The van der Waals surface area contributed by atoms with Gasteiger partial charge in [-0.1, -0.05) is 37.3 Å². The van der Waals surface area contributed by atoms with Crippen LogP contribution in [0.5, 0.6) is 0 Å². The van der Waals surface area contributed by atoms with Crippen LogP contribution in [-0.4, -0.2) is 10.9 Å². The third kappa shape index (κ3) is 4.06. The van der Waals surface area contributed by atoms with E-state index in [-0.39, 0.29) is 6.04 Å². The van der Waals surface area contributed by atoms with Gasteiger partial charge < -0.3 is 5.32 Å². The van der Waals surface area contributed by atoms with Gasteiger partial charge in [0.1, 0.15) is 0 Å². The summed E-state index contributed by atoms with van der Waals surface area (Å²) in [6.07, 6.45) is 4.50. The van der Waals surface area contributed by atoms with Crippen molar-refractivity contribution >= 4 is 11.6 Å². The molecule has 1 aromatic heterocycles. The lowest BCUT2D eigenvalue weighted by atomic mass is 10.1. The molecule has 0 aliphatic rings. The van der Waals surface area contributed by atoms with Gasteiger partial charge in [-0.3, -0.25) is 10.3 Å². The van der Waals surface area contributed by atoms with Crippen molar-refractivity contribution in [2.24, 2.45) is 4.99 Å². The highest BCUT2D eigenvalue weighted by atomic mass is 15.2. The van der Waals surface area contributed by atoms with E-state index >= 15 is 0 Å².